The average Bonchev–Trinajstić information content (AvgIpc) is 2.73. The van der Waals surface area contributed by atoms with Gasteiger partial charge in [-0.2, -0.15) is 0 Å². The Morgan fingerprint density at radius 3 is 2.45 bits per heavy atom. The van der Waals surface area contributed by atoms with Crippen LogP contribution in [-0.2, 0) is 9.59 Å². The zero-order valence-corrected chi connectivity index (χ0v) is 10.1. The summed E-state index contributed by atoms with van der Waals surface area (Å²) in [5, 5.41) is 8.66. The van der Waals surface area contributed by atoms with Crippen molar-refractivity contribution < 1.29 is 28.3 Å². The SMILES string of the molecule is NC(=O)C1CC(=O)N(c2cc(F)c(C(=O)O)cc2F)C1. The predicted molar refractivity (Wildman–Crippen MR) is 63.0 cm³/mol. The number of carboxylic acids is 1. The molecule has 1 aliphatic rings. The molecule has 0 bridgehead atoms. The van der Waals surface area contributed by atoms with Gasteiger partial charge in [0, 0.05) is 19.0 Å². The number of nitrogens with two attached hydrogens (primary N) is 1. The highest BCUT2D eigenvalue weighted by Crippen LogP contribution is 2.29. The first-order chi connectivity index (χ1) is 9.31. The summed E-state index contributed by atoms with van der Waals surface area (Å²) in [7, 11) is 0. The molecule has 1 saturated heterocycles. The Morgan fingerprint density at radius 1 is 1.30 bits per heavy atom. The molecule has 2 amide bonds. The van der Waals surface area contributed by atoms with E-state index in [1.807, 2.05) is 0 Å². The number of hydrogen-bond acceptors (Lipinski definition) is 3. The van der Waals surface area contributed by atoms with E-state index >= 15 is 0 Å². The van der Waals surface area contributed by atoms with Gasteiger partial charge < -0.3 is 15.7 Å². The van der Waals surface area contributed by atoms with Gasteiger partial charge in [-0.15, -0.1) is 0 Å². The molecule has 6 nitrogen and oxygen atoms in total. The maximum absolute atomic E-state index is 13.8. The van der Waals surface area contributed by atoms with Crippen molar-refractivity contribution >= 4 is 23.5 Å². The van der Waals surface area contributed by atoms with E-state index in [1.54, 1.807) is 0 Å². The highest BCUT2D eigenvalue weighted by molar-refractivity contribution is 6.00. The number of carbonyl (C=O) groups excluding carboxylic acids is 2. The number of aromatic carboxylic acids is 1. The minimum absolute atomic E-state index is 0.156. The van der Waals surface area contributed by atoms with Crippen LogP contribution in [0.4, 0.5) is 14.5 Å². The first-order valence-corrected chi connectivity index (χ1v) is 5.63. The van der Waals surface area contributed by atoms with Crippen molar-refractivity contribution in [1.29, 1.82) is 0 Å². The molecule has 2 rings (SSSR count). The Bertz CT molecular complexity index is 618. The molecule has 0 saturated carbocycles. The molecule has 1 aliphatic heterocycles. The van der Waals surface area contributed by atoms with Gasteiger partial charge in [-0.05, 0) is 6.07 Å². The molecule has 106 valence electrons. The number of primary amides is 1. The normalized spacial score (nSPS) is 18.4. The molecule has 1 atom stereocenters. The second-order valence-electron chi connectivity index (χ2n) is 4.40. The Labute approximate surface area is 111 Å². The van der Waals surface area contributed by atoms with Gasteiger partial charge in [-0.1, -0.05) is 0 Å². The van der Waals surface area contributed by atoms with Crippen LogP contribution in [0, 0.1) is 17.6 Å². The third kappa shape index (κ3) is 2.31. The standard InChI is InChI=1S/C12H10F2N2O4/c13-7-3-9(8(14)2-6(7)12(19)20)16-4-5(11(15)18)1-10(16)17/h2-3,5H,1,4H2,(H2,15,18)(H,19,20). The van der Waals surface area contributed by atoms with Crippen molar-refractivity contribution in [3.8, 4) is 0 Å². The Morgan fingerprint density at radius 2 is 1.95 bits per heavy atom. The van der Waals surface area contributed by atoms with Crippen molar-refractivity contribution in [2.75, 3.05) is 11.4 Å². The topological polar surface area (TPSA) is 101 Å². The number of halogens is 2. The Balaban J connectivity index is 2.39. The first kappa shape index (κ1) is 13.9. The maximum atomic E-state index is 13.8. The van der Waals surface area contributed by atoms with Crippen LogP contribution < -0.4 is 10.6 Å². The molecule has 3 N–H and O–H groups in total. The van der Waals surface area contributed by atoms with E-state index in [0.29, 0.717) is 12.1 Å². The minimum Gasteiger partial charge on any atom is -0.478 e. The number of hydrogen-bond donors (Lipinski definition) is 2. The van der Waals surface area contributed by atoms with Gasteiger partial charge in [0.1, 0.15) is 11.6 Å². The van der Waals surface area contributed by atoms with E-state index in [-0.39, 0.29) is 13.0 Å². The van der Waals surface area contributed by atoms with Crippen LogP contribution >= 0.6 is 0 Å². The molecule has 1 fully saturated rings. The summed E-state index contributed by atoms with van der Waals surface area (Å²) in [5.74, 6) is -5.88. The van der Waals surface area contributed by atoms with E-state index in [0.717, 1.165) is 4.90 Å². The lowest BCUT2D eigenvalue weighted by molar-refractivity contribution is -0.123. The fourth-order valence-corrected chi connectivity index (χ4v) is 2.04. The van der Waals surface area contributed by atoms with E-state index in [1.165, 1.54) is 0 Å². The summed E-state index contributed by atoms with van der Waals surface area (Å²) in [6.45, 7) is -0.156. The van der Waals surface area contributed by atoms with Gasteiger partial charge in [-0.25, -0.2) is 13.6 Å². The third-order valence-electron chi connectivity index (χ3n) is 3.09. The summed E-state index contributed by atoms with van der Waals surface area (Å²) >= 11 is 0. The molecule has 1 unspecified atom stereocenters. The zero-order chi connectivity index (χ0) is 15.0. The number of carboxylic acid groups (broad SMARTS) is 1. The van der Waals surface area contributed by atoms with Crippen LogP contribution in [0.1, 0.15) is 16.8 Å². The molecule has 0 spiro atoms. The molecule has 1 heterocycles. The lowest BCUT2D eigenvalue weighted by Crippen LogP contribution is -2.29. The van der Waals surface area contributed by atoms with Gasteiger partial charge in [0.15, 0.2) is 0 Å². The van der Waals surface area contributed by atoms with E-state index < -0.39 is 46.6 Å². The number of nitrogens with zero attached hydrogens (tertiary/aromatic N) is 1. The fourth-order valence-electron chi connectivity index (χ4n) is 2.04. The van der Waals surface area contributed by atoms with Crippen molar-refractivity contribution in [1.82, 2.24) is 0 Å². The van der Waals surface area contributed by atoms with Gasteiger partial charge in [0.2, 0.25) is 11.8 Å². The maximum Gasteiger partial charge on any atom is 0.338 e. The number of carbonyl (C=O) groups is 3. The predicted octanol–water partition coefficient (Wildman–Crippen LogP) is 0.501. The quantitative estimate of drug-likeness (QED) is 0.844. The lowest BCUT2D eigenvalue weighted by Gasteiger charge is -2.17. The molecule has 1 aromatic carbocycles. The van der Waals surface area contributed by atoms with Crippen LogP contribution in [0.5, 0.6) is 0 Å². The average molecular weight is 284 g/mol. The molecule has 0 aliphatic carbocycles. The summed E-state index contributed by atoms with van der Waals surface area (Å²) < 4.78 is 27.3. The summed E-state index contributed by atoms with van der Waals surface area (Å²) in [5.41, 5.74) is 3.84. The van der Waals surface area contributed by atoms with Crippen LogP contribution in [0.2, 0.25) is 0 Å². The second kappa shape index (κ2) is 4.87. The highest BCUT2D eigenvalue weighted by Gasteiger charge is 2.35. The smallest absolute Gasteiger partial charge is 0.338 e. The minimum atomic E-state index is -1.62. The number of anilines is 1. The largest absolute Gasteiger partial charge is 0.478 e. The number of rotatable bonds is 3. The molecule has 20 heavy (non-hydrogen) atoms. The van der Waals surface area contributed by atoms with E-state index in [4.69, 9.17) is 10.8 Å². The summed E-state index contributed by atoms with van der Waals surface area (Å²) in [6.07, 6.45) is -0.183. The van der Waals surface area contributed by atoms with Gasteiger partial charge in [0.25, 0.3) is 0 Å². The summed E-state index contributed by atoms with van der Waals surface area (Å²) in [4.78, 5) is 34.3. The Hall–Kier alpha value is -2.51. The summed E-state index contributed by atoms with van der Waals surface area (Å²) in [6, 6.07) is 1.12. The van der Waals surface area contributed by atoms with Crippen LogP contribution in [-0.4, -0.2) is 29.4 Å². The van der Waals surface area contributed by atoms with Crippen molar-refractivity contribution in [3.05, 3.63) is 29.3 Å². The molecular weight excluding hydrogens is 274 g/mol. The van der Waals surface area contributed by atoms with Crippen LogP contribution in [0.15, 0.2) is 12.1 Å². The monoisotopic (exact) mass is 284 g/mol. The number of benzene rings is 1. The molecular formula is C12H10F2N2O4. The van der Waals surface area contributed by atoms with Gasteiger partial charge in [-0.3, -0.25) is 9.59 Å². The van der Waals surface area contributed by atoms with Crippen LogP contribution in [0.25, 0.3) is 0 Å². The molecule has 0 radical (unpaired) electrons. The lowest BCUT2D eigenvalue weighted by atomic mass is 10.1. The first-order valence-electron chi connectivity index (χ1n) is 5.63. The molecule has 0 aromatic heterocycles. The van der Waals surface area contributed by atoms with Crippen molar-refractivity contribution in [3.63, 3.8) is 0 Å². The van der Waals surface area contributed by atoms with Crippen LogP contribution in [0.3, 0.4) is 0 Å². The Kier molecular flexibility index (Phi) is 3.39. The van der Waals surface area contributed by atoms with E-state index in [9.17, 15) is 23.2 Å². The van der Waals surface area contributed by atoms with Gasteiger partial charge >= 0.3 is 5.97 Å². The fraction of sp³-hybridized carbons (Fsp3) is 0.250. The highest BCUT2D eigenvalue weighted by atomic mass is 19.1. The zero-order valence-electron chi connectivity index (χ0n) is 10.1. The third-order valence-corrected chi connectivity index (χ3v) is 3.09. The second-order valence-corrected chi connectivity index (χ2v) is 4.40. The van der Waals surface area contributed by atoms with E-state index in [2.05, 4.69) is 0 Å². The van der Waals surface area contributed by atoms with Gasteiger partial charge in [0.05, 0.1) is 17.2 Å². The van der Waals surface area contributed by atoms with Crippen molar-refractivity contribution in [2.24, 2.45) is 11.7 Å². The number of amides is 2. The molecule has 1 aromatic rings. The van der Waals surface area contributed by atoms with Crippen molar-refractivity contribution in [2.45, 2.75) is 6.42 Å². The molecule has 8 heteroatoms.